The van der Waals surface area contributed by atoms with Crippen molar-refractivity contribution in [2.45, 2.75) is 6.42 Å². The SMILES string of the molecule is Clc1cccc(N2CCCNc3ccccc32)c1. The van der Waals surface area contributed by atoms with Gasteiger partial charge in [-0.1, -0.05) is 29.8 Å². The number of halogens is 1. The van der Waals surface area contributed by atoms with E-state index in [1.54, 1.807) is 0 Å². The molecule has 0 saturated carbocycles. The molecule has 2 aromatic carbocycles. The van der Waals surface area contributed by atoms with Gasteiger partial charge in [-0.25, -0.2) is 0 Å². The molecule has 0 radical (unpaired) electrons. The molecule has 2 aromatic rings. The fraction of sp³-hybridized carbons (Fsp3) is 0.200. The van der Waals surface area contributed by atoms with Crippen LogP contribution in [-0.4, -0.2) is 13.1 Å². The number of anilines is 3. The van der Waals surface area contributed by atoms with Gasteiger partial charge in [0.2, 0.25) is 0 Å². The normalized spacial score (nSPS) is 14.6. The van der Waals surface area contributed by atoms with Crippen molar-refractivity contribution in [3.63, 3.8) is 0 Å². The number of para-hydroxylation sites is 2. The molecule has 0 aromatic heterocycles. The molecule has 1 heterocycles. The van der Waals surface area contributed by atoms with Crippen LogP contribution in [0.5, 0.6) is 0 Å². The summed E-state index contributed by atoms with van der Waals surface area (Å²) in [6.07, 6.45) is 1.11. The Bertz CT molecular complexity index is 554. The highest BCUT2D eigenvalue weighted by atomic mass is 35.5. The summed E-state index contributed by atoms with van der Waals surface area (Å²) < 4.78 is 0. The van der Waals surface area contributed by atoms with E-state index < -0.39 is 0 Å². The zero-order valence-corrected chi connectivity index (χ0v) is 10.8. The van der Waals surface area contributed by atoms with Crippen LogP contribution in [-0.2, 0) is 0 Å². The first kappa shape index (κ1) is 11.4. The molecule has 0 bridgehead atoms. The minimum Gasteiger partial charge on any atom is -0.383 e. The third kappa shape index (κ3) is 2.16. The molecule has 0 fully saturated rings. The number of rotatable bonds is 1. The summed E-state index contributed by atoms with van der Waals surface area (Å²) in [4.78, 5) is 2.32. The van der Waals surface area contributed by atoms with E-state index in [9.17, 15) is 0 Å². The lowest BCUT2D eigenvalue weighted by molar-refractivity contribution is 0.863. The molecule has 1 N–H and O–H groups in total. The summed E-state index contributed by atoms with van der Waals surface area (Å²) in [5.41, 5.74) is 3.56. The van der Waals surface area contributed by atoms with Crippen LogP contribution < -0.4 is 10.2 Å². The van der Waals surface area contributed by atoms with Crippen LogP contribution in [0.3, 0.4) is 0 Å². The maximum absolute atomic E-state index is 6.09. The highest BCUT2D eigenvalue weighted by Crippen LogP contribution is 2.34. The lowest BCUT2D eigenvalue weighted by atomic mass is 10.2. The standard InChI is InChI=1S/C15H15ClN2/c16-12-5-3-6-13(11-12)18-10-4-9-17-14-7-1-2-8-15(14)18/h1-3,5-8,11,17H,4,9-10H2. The van der Waals surface area contributed by atoms with Crippen LogP contribution in [0.25, 0.3) is 0 Å². The second-order valence-corrected chi connectivity index (χ2v) is 4.87. The number of hydrogen-bond acceptors (Lipinski definition) is 2. The Morgan fingerprint density at radius 1 is 1.06 bits per heavy atom. The first-order valence-electron chi connectivity index (χ1n) is 6.20. The van der Waals surface area contributed by atoms with Gasteiger partial charge in [-0.3, -0.25) is 0 Å². The number of nitrogens with zero attached hydrogens (tertiary/aromatic N) is 1. The molecule has 3 heteroatoms. The molecule has 1 aliphatic rings. The van der Waals surface area contributed by atoms with E-state index in [1.165, 1.54) is 11.4 Å². The Balaban J connectivity index is 2.06. The molecule has 1 aliphatic heterocycles. The van der Waals surface area contributed by atoms with E-state index in [1.807, 2.05) is 18.2 Å². The topological polar surface area (TPSA) is 15.3 Å². The highest BCUT2D eigenvalue weighted by Gasteiger charge is 2.15. The lowest BCUT2D eigenvalue weighted by Gasteiger charge is -2.24. The molecule has 92 valence electrons. The molecule has 0 spiro atoms. The second kappa shape index (κ2) is 4.91. The third-order valence-corrected chi connectivity index (χ3v) is 3.42. The predicted molar refractivity (Wildman–Crippen MR) is 78.0 cm³/mol. The Kier molecular flexibility index (Phi) is 3.11. The molecule has 0 saturated heterocycles. The molecular weight excluding hydrogens is 244 g/mol. The summed E-state index contributed by atoms with van der Waals surface area (Å²) in [7, 11) is 0. The van der Waals surface area contributed by atoms with E-state index in [2.05, 4.69) is 40.5 Å². The molecular formula is C15H15ClN2. The molecule has 18 heavy (non-hydrogen) atoms. The van der Waals surface area contributed by atoms with Gasteiger partial charge in [-0.15, -0.1) is 0 Å². The van der Waals surface area contributed by atoms with Gasteiger partial charge < -0.3 is 10.2 Å². The van der Waals surface area contributed by atoms with E-state index in [-0.39, 0.29) is 0 Å². The van der Waals surface area contributed by atoms with Crippen molar-refractivity contribution in [2.24, 2.45) is 0 Å². The number of nitrogens with one attached hydrogen (secondary N) is 1. The molecule has 0 unspecified atom stereocenters. The zero-order valence-electron chi connectivity index (χ0n) is 10.1. The summed E-state index contributed by atoms with van der Waals surface area (Å²) in [6, 6.07) is 16.4. The quantitative estimate of drug-likeness (QED) is 0.821. The van der Waals surface area contributed by atoms with Gasteiger partial charge in [0.1, 0.15) is 0 Å². The molecule has 3 rings (SSSR count). The summed E-state index contributed by atoms with van der Waals surface area (Å²) in [5, 5.41) is 4.24. The van der Waals surface area contributed by atoms with Crippen molar-refractivity contribution in [1.82, 2.24) is 0 Å². The number of fused-ring (bicyclic) bond motifs is 1. The van der Waals surface area contributed by atoms with Crippen molar-refractivity contribution in [2.75, 3.05) is 23.3 Å². The van der Waals surface area contributed by atoms with Crippen LogP contribution in [0.1, 0.15) is 6.42 Å². The first-order valence-corrected chi connectivity index (χ1v) is 6.58. The Labute approximate surface area is 112 Å². The largest absolute Gasteiger partial charge is 0.383 e. The van der Waals surface area contributed by atoms with Gasteiger partial charge in [0, 0.05) is 23.8 Å². The van der Waals surface area contributed by atoms with Gasteiger partial charge in [0.05, 0.1) is 11.4 Å². The summed E-state index contributed by atoms with van der Waals surface area (Å²) in [6.45, 7) is 2.01. The minimum absolute atomic E-state index is 0.780. The predicted octanol–water partition coefficient (Wildman–Crippen LogP) is 4.29. The van der Waals surface area contributed by atoms with Crippen molar-refractivity contribution in [3.8, 4) is 0 Å². The van der Waals surface area contributed by atoms with Crippen molar-refractivity contribution >= 4 is 28.7 Å². The van der Waals surface area contributed by atoms with Gasteiger partial charge in [0.25, 0.3) is 0 Å². The Morgan fingerprint density at radius 3 is 2.83 bits per heavy atom. The highest BCUT2D eigenvalue weighted by molar-refractivity contribution is 6.30. The summed E-state index contributed by atoms with van der Waals surface area (Å²) in [5.74, 6) is 0. The van der Waals surface area contributed by atoms with Crippen LogP contribution in [0.2, 0.25) is 5.02 Å². The summed E-state index contributed by atoms with van der Waals surface area (Å²) >= 11 is 6.09. The number of hydrogen-bond donors (Lipinski definition) is 1. The van der Waals surface area contributed by atoms with Gasteiger partial charge in [0.15, 0.2) is 0 Å². The molecule has 0 aliphatic carbocycles. The average molecular weight is 259 g/mol. The fourth-order valence-corrected chi connectivity index (χ4v) is 2.54. The fourth-order valence-electron chi connectivity index (χ4n) is 2.35. The van der Waals surface area contributed by atoms with Crippen LogP contribution in [0, 0.1) is 0 Å². The monoisotopic (exact) mass is 258 g/mol. The average Bonchev–Trinajstić information content (AvgIpc) is 2.61. The maximum atomic E-state index is 6.09. The second-order valence-electron chi connectivity index (χ2n) is 4.43. The molecule has 0 amide bonds. The van der Waals surface area contributed by atoms with E-state index >= 15 is 0 Å². The van der Waals surface area contributed by atoms with Gasteiger partial charge >= 0.3 is 0 Å². The van der Waals surface area contributed by atoms with Crippen LogP contribution in [0.15, 0.2) is 48.5 Å². The Morgan fingerprint density at radius 2 is 1.94 bits per heavy atom. The first-order chi connectivity index (χ1) is 8.84. The van der Waals surface area contributed by atoms with E-state index in [0.29, 0.717) is 0 Å². The van der Waals surface area contributed by atoms with Crippen molar-refractivity contribution < 1.29 is 0 Å². The van der Waals surface area contributed by atoms with Crippen LogP contribution in [0.4, 0.5) is 17.1 Å². The van der Waals surface area contributed by atoms with E-state index in [4.69, 9.17) is 11.6 Å². The van der Waals surface area contributed by atoms with E-state index in [0.717, 1.165) is 30.2 Å². The van der Waals surface area contributed by atoms with Gasteiger partial charge in [-0.2, -0.15) is 0 Å². The lowest BCUT2D eigenvalue weighted by Crippen LogP contribution is -2.17. The third-order valence-electron chi connectivity index (χ3n) is 3.19. The van der Waals surface area contributed by atoms with Gasteiger partial charge in [-0.05, 0) is 36.8 Å². The smallest absolute Gasteiger partial charge is 0.0646 e. The minimum atomic E-state index is 0.780. The van der Waals surface area contributed by atoms with Crippen LogP contribution >= 0.6 is 11.6 Å². The van der Waals surface area contributed by atoms with Crippen molar-refractivity contribution in [1.29, 1.82) is 0 Å². The Hall–Kier alpha value is -1.67. The zero-order chi connectivity index (χ0) is 12.4. The number of benzene rings is 2. The van der Waals surface area contributed by atoms with Crippen molar-refractivity contribution in [3.05, 3.63) is 53.6 Å². The molecule has 0 atom stereocenters. The molecule has 2 nitrogen and oxygen atoms in total. The maximum Gasteiger partial charge on any atom is 0.0646 e.